The van der Waals surface area contributed by atoms with Crippen molar-refractivity contribution < 1.29 is 14.7 Å². The van der Waals surface area contributed by atoms with Gasteiger partial charge in [-0.2, -0.15) is 0 Å². The molecule has 0 saturated carbocycles. The lowest BCUT2D eigenvalue weighted by Gasteiger charge is -2.22. The van der Waals surface area contributed by atoms with Crippen LogP contribution in [0.15, 0.2) is 48.5 Å². The number of para-hydroxylation sites is 2. The van der Waals surface area contributed by atoms with E-state index in [2.05, 4.69) is 5.32 Å². The van der Waals surface area contributed by atoms with Gasteiger partial charge in [0, 0.05) is 26.6 Å². The molecule has 3 amide bonds. The van der Waals surface area contributed by atoms with Crippen LogP contribution in [0.4, 0.5) is 16.2 Å². The number of hydrogen-bond acceptors (Lipinski definition) is 3. The van der Waals surface area contributed by atoms with Gasteiger partial charge >= 0.3 is 6.03 Å². The van der Waals surface area contributed by atoms with Gasteiger partial charge < -0.3 is 20.2 Å². The summed E-state index contributed by atoms with van der Waals surface area (Å²) >= 11 is 0. The van der Waals surface area contributed by atoms with Gasteiger partial charge in [0.1, 0.15) is 5.75 Å². The van der Waals surface area contributed by atoms with Crippen LogP contribution in [-0.2, 0) is 11.3 Å². The molecule has 0 unspecified atom stereocenters. The predicted molar refractivity (Wildman–Crippen MR) is 96.6 cm³/mol. The highest BCUT2D eigenvalue weighted by molar-refractivity contribution is 6.01. The van der Waals surface area contributed by atoms with E-state index in [4.69, 9.17) is 0 Å². The van der Waals surface area contributed by atoms with Gasteiger partial charge in [-0.15, -0.1) is 0 Å². The SMILES string of the molecule is CN(Cc1cccc(O)c1)C(=O)Nc1ccccc1N1CCCC1=O. The lowest BCUT2D eigenvalue weighted by Crippen LogP contribution is -2.32. The van der Waals surface area contributed by atoms with Crippen LogP contribution in [0.2, 0.25) is 0 Å². The molecule has 0 spiro atoms. The molecule has 6 heteroatoms. The Labute approximate surface area is 146 Å². The highest BCUT2D eigenvalue weighted by Gasteiger charge is 2.24. The molecule has 0 aromatic heterocycles. The zero-order chi connectivity index (χ0) is 17.8. The Kier molecular flexibility index (Phi) is 4.88. The Morgan fingerprint density at radius 3 is 2.76 bits per heavy atom. The minimum atomic E-state index is -0.276. The summed E-state index contributed by atoms with van der Waals surface area (Å²) in [5.41, 5.74) is 2.18. The average Bonchev–Trinajstić information content (AvgIpc) is 3.01. The number of urea groups is 1. The molecule has 2 aromatic carbocycles. The highest BCUT2D eigenvalue weighted by Crippen LogP contribution is 2.29. The minimum Gasteiger partial charge on any atom is -0.508 e. The minimum absolute atomic E-state index is 0.0785. The summed E-state index contributed by atoms with van der Waals surface area (Å²) in [6, 6.07) is 13.8. The quantitative estimate of drug-likeness (QED) is 0.898. The fraction of sp³-hybridized carbons (Fsp3) is 0.263. The first-order chi connectivity index (χ1) is 12.0. The highest BCUT2D eigenvalue weighted by atomic mass is 16.3. The van der Waals surface area contributed by atoms with E-state index in [1.165, 1.54) is 4.90 Å². The first-order valence-electron chi connectivity index (χ1n) is 8.24. The smallest absolute Gasteiger partial charge is 0.321 e. The largest absolute Gasteiger partial charge is 0.508 e. The number of aromatic hydroxyl groups is 1. The van der Waals surface area contributed by atoms with Gasteiger partial charge in [-0.1, -0.05) is 24.3 Å². The van der Waals surface area contributed by atoms with Gasteiger partial charge in [0.2, 0.25) is 5.91 Å². The van der Waals surface area contributed by atoms with Crippen LogP contribution >= 0.6 is 0 Å². The number of phenolic OH excluding ortho intramolecular Hbond substituents is 1. The zero-order valence-corrected chi connectivity index (χ0v) is 14.1. The Morgan fingerprint density at radius 2 is 2.04 bits per heavy atom. The number of benzene rings is 2. The Bertz CT molecular complexity index is 791. The van der Waals surface area contributed by atoms with Gasteiger partial charge in [-0.25, -0.2) is 4.79 Å². The lowest BCUT2D eigenvalue weighted by atomic mass is 10.2. The third-order valence-corrected chi connectivity index (χ3v) is 4.19. The molecule has 0 bridgehead atoms. The first kappa shape index (κ1) is 16.8. The zero-order valence-electron chi connectivity index (χ0n) is 14.1. The summed E-state index contributed by atoms with van der Waals surface area (Å²) in [6.45, 7) is 1.04. The van der Waals surface area contributed by atoms with Crippen molar-refractivity contribution in [1.82, 2.24) is 4.90 Å². The molecule has 1 saturated heterocycles. The average molecular weight is 339 g/mol. The summed E-state index contributed by atoms with van der Waals surface area (Å²) in [4.78, 5) is 27.7. The van der Waals surface area contributed by atoms with Crippen LogP contribution < -0.4 is 10.2 Å². The Balaban J connectivity index is 1.71. The van der Waals surface area contributed by atoms with E-state index in [0.717, 1.165) is 17.7 Å². The van der Waals surface area contributed by atoms with Crippen LogP contribution in [0.5, 0.6) is 5.75 Å². The number of phenols is 1. The second kappa shape index (κ2) is 7.25. The molecule has 0 radical (unpaired) electrons. The van der Waals surface area contributed by atoms with Crippen LogP contribution in [0, 0.1) is 0 Å². The summed E-state index contributed by atoms with van der Waals surface area (Å²) in [5, 5.41) is 12.4. The van der Waals surface area contributed by atoms with Crippen molar-refractivity contribution in [3.05, 3.63) is 54.1 Å². The lowest BCUT2D eigenvalue weighted by molar-refractivity contribution is -0.117. The van der Waals surface area contributed by atoms with Gasteiger partial charge in [0.25, 0.3) is 0 Å². The second-order valence-electron chi connectivity index (χ2n) is 6.12. The standard InChI is InChI=1S/C19H21N3O3/c1-21(13-14-6-4-7-15(23)12-14)19(25)20-16-8-2-3-9-17(16)22-11-5-10-18(22)24/h2-4,6-9,12,23H,5,10-11,13H2,1H3,(H,20,25). The van der Waals surface area contributed by atoms with E-state index in [9.17, 15) is 14.7 Å². The molecule has 0 aliphatic carbocycles. The number of anilines is 2. The van der Waals surface area contributed by atoms with E-state index in [0.29, 0.717) is 25.2 Å². The molecular weight excluding hydrogens is 318 g/mol. The maximum Gasteiger partial charge on any atom is 0.321 e. The molecule has 2 aromatic rings. The summed E-state index contributed by atoms with van der Waals surface area (Å²) in [5.74, 6) is 0.249. The maximum atomic E-state index is 12.5. The van der Waals surface area contributed by atoms with Crippen molar-refractivity contribution in [2.75, 3.05) is 23.8 Å². The molecule has 130 valence electrons. The van der Waals surface area contributed by atoms with Crippen LogP contribution in [-0.4, -0.2) is 35.5 Å². The third-order valence-electron chi connectivity index (χ3n) is 4.19. The molecule has 1 aliphatic rings. The number of rotatable bonds is 4. The topological polar surface area (TPSA) is 72.9 Å². The van der Waals surface area contributed by atoms with Crippen molar-refractivity contribution >= 4 is 23.3 Å². The first-order valence-corrected chi connectivity index (χ1v) is 8.24. The monoisotopic (exact) mass is 339 g/mol. The summed E-state index contributed by atoms with van der Waals surface area (Å²) < 4.78 is 0. The number of carbonyl (C=O) groups excluding carboxylic acids is 2. The fourth-order valence-electron chi connectivity index (χ4n) is 2.93. The fourth-order valence-corrected chi connectivity index (χ4v) is 2.93. The molecule has 6 nitrogen and oxygen atoms in total. The van der Waals surface area contributed by atoms with Gasteiger partial charge in [0.15, 0.2) is 0 Å². The molecule has 1 aliphatic heterocycles. The molecule has 2 N–H and O–H groups in total. The third kappa shape index (κ3) is 3.91. The van der Waals surface area contributed by atoms with E-state index >= 15 is 0 Å². The Hall–Kier alpha value is -3.02. The van der Waals surface area contributed by atoms with Gasteiger partial charge in [0.05, 0.1) is 11.4 Å². The number of carbonyl (C=O) groups is 2. The predicted octanol–water partition coefficient (Wildman–Crippen LogP) is 3.18. The van der Waals surface area contributed by atoms with Gasteiger partial charge in [-0.05, 0) is 36.2 Å². The Morgan fingerprint density at radius 1 is 1.24 bits per heavy atom. The normalized spacial score (nSPS) is 13.8. The number of hydrogen-bond donors (Lipinski definition) is 2. The summed E-state index contributed by atoms with van der Waals surface area (Å²) in [6.07, 6.45) is 1.37. The molecule has 3 rings (SSSR count). The second-order valence-corrected chi connectivity index (χ2v) is 6.12. The van der Waals surface area contributed by atoms with E-state index in [1.807, 2.05) is 24.3 Å². The van der Waals surface area contributed by atoms with Crippen molar-refractivity contribution in [1.29, 1.82) is 0 Å². The van der Waals surface area contributed by atoms with Crippen molar-refractivity contribution in [2.45, 2.75) is 19.4 Å². The van der Waals surface area contributed by atoms with Crippen LogP contribution in [0.1, 0.15) is 18.4 Å². The number of nitrogens with zero attached hydrogens (tertiary/aromatic N) is 2. The summed E-state index contributed by atoms with van der Waals surface area (Å²) in [7, 11) is 1.68. The van der Waals surface area contributed by atoms with E-state index < -0.39 is 0 Å². The molecular formula is C19H21N3O3. The maximum absolute atomic E-state index is 12.5. The van der Waals surface area contributed by atoms with E-state index in [1.54, 1.807) is 36.2 Å². The van der Waals surface area contributed by atoms with Crippen LogP contribution in [0.3, 0.4) is 0 Å². The van der Waals surface area contributed by atoms with Crippen molar-refractivity contribution in [3.8, 4) is 5.75 Å². The molecule has 1 fully saturated rings. The van der Waals surface area contributed by atoms with Crippen molar-refractivity contribution in [2.24, 2.45) is 0 Å². The van der Waals surface area contributed by atoms with Crippen LogP contribution in [0.25, 0.3) is 0 Å². The number of nitrogens with one attached hydrogen (secondary N) is 1. The molecule has 0 atom stereocenters. The molecule has 1 heterocycles. The van der Waals surface area contributed by atoms with Gasteiger partial charge in [-0.3, -0.25) is 4.79 Å². The van der Waals surface area contributed by atoms with E-state index in [-0.39, 0.29) is 17.7 Å². The number of amides is 3. The van der Waals surface area contributed by atoms with Crippen molar-refractivity contribution in [3.63, 3.8) is 0 Å². The molecule has 25 heavy (non-hydrogen) atoms.